The van der Waals surface area contributed by atoms with Gasteiger partial charge >= 0.3 is 6.03 Å². The Morgan fingerprint density at radius 2 is 1.82 bits per heavy atom. The molecule has 4 rings (SSSR count). The number of nitrogens with zero attached hydrogens (tertiary/aromatic N) is 4. The van der Waals surface area contributed by atoms with Crippen LogP contribution in [0.5, 0.6) is 0 Å². The van der Waals surface area contributed by atoms with E-state index in [9.17, 15) is 18.5 Å². The molecule has 40 heavy (non-hydrogen) atoms. The van der Waals surface area contributed by atoms with Crippen molar-refractivity contribution in [3.8, 4) is 17.2 Å². The van der Waals surface area contributed by atoms with Crippen molar-refractivity contribution in [2.75, 3.05) is 47.0 Å². The third-order valence-electron chi connectivity index (χ3n) is 6.11. The number of hydrogen-bond donors (Lipinski definition) is 3. The molecule has 0 atom stereocenters. The average Bonchev–Trinajstić information content (AvgIpc) is 2.99. The van der Waals surface area contributed by atoms with Crippen molar-refractivity contribution in [2.45, 2.75) is 13.3 Å². The summed E-state index contributed by atoms with van der Waals surface area (Å²) >= 11 is 6.20. The van der Waals surface area contributed by atoms with Gasteiger partial charge in [0.1, 0.15) is 11.5 Å². The fourth-order valence-electron chi connectivity index (χ4n) is 4.36. The maximum atomic E-state index is 15.6. The predicted octanol–water partition coefficient (Wildman–Crippen LogP) is 4.93. The molecule has 10 nitrogen and oxygen atoms in total. The van der Waals surface area contributed by atoms with Gasteiger partial charge in [0.15, 0.2) is 11.6 Å². The number of aromatic nitrogens is 1. The standard InChI is InChI=1S/C26H25ClF2N6O4S/c1-2-34-25-20(11-17(27)15-33-25)19-5-4-16(14-30)10-23(19)35(26(34)36)24-21(28)12-18(13-22(24)29)32-8-7-31-6-3-9-40(37,38)39/h4-5,10-13,15,31-32H,2-3,6-9H2,1H3,(H,37,38,39). The topological polar surface area (TPSA) is 139 Å². The number of carbonyl (C=O) groups is 1. The second kappa shape index (κ2) is 12.1. The molecule has 0 spiro atoms. The molecule has 0 saturated heterocycles. The average molecular weight is 591 g/mol. The zero-order chi connectivity index (χ0) is 29.0. The first-order valence-electron chi connectivity index (χ1n) is 12.2. The Morgan fingerprint density at radius 3 is 2.48 bits per heavy atom. The summed E-state index contributed by atoms with van der Waals surface area (Å²) in [6.07, 6.45) is 1.58. The molecule has 1 aliphatic heterocycles. The number of fused-ring (bicyclic) bond motifs is 3. The van der Waals surface area contributed by atoms with Crippen molar-refractivity contribution in [1.29, 1.82) is 5.26 Å². The van der Waals surface area contributed by atoms with Crippen LogP contribution in [0.3, 0.4) is 0 Å². The number of rotatable bonds is 10. The van der Waals surface area contributed by atoms with Gasteiger partial charge in [-0.25, -0.2) is 18.6 Å². The monoisotopic (exact) mass is 590 g/mol. The van der Waals surface area contributed by atoms with E-state index in [-0.39, 0.29) is 48.0 Å². The third-order valence-corrected chi connectivity index (χ3v) is 7.12. The van der Waals surface area contributed by atoms with Crippen LogP contribution in [0.1, 0.15) is 18.9 Å². The van der Waals surface area contributed by atoms with E-state index in [1.807, 2.05) is 6.07 Å². The number of urea groups is 1. The molecule has 0 aliphatic carbocycles. The van der Waals surface area contributed by atoms with E-state index in [1.54, 1.807) is 19.1 Å². The molecule has 210 valence electrons. The normalized spacial score (nSPS) is 12.9. The van der Waals surface area contributed by atoms with E-state index in [1.165, 1.54) is 23.2 Å². The van der Waals surface area contributed by atoms with Crippen LogP contribution in [0.15, 0.2) is 42.6 Å². The molecule has 2 amide bonds. The summed E-state index contributed by atoms with van der Waals surface area (Å²) < 4.78 is 61.4. The minimum absolute atomic E-state index is 0.0953. The van der Waals surface area contributed by atoms with E-state index >= 15 is 8.78 Å². The maximum absolute atomic E-state index is 15.6. The van der Waals surface area contributed by atoms with Crippen LogP contribution in [-0.4, -0.2) is 55.9 Å². The Morgan fingerprint density at radius 1 is 1.10 bits per heavy atom. The third kappa shape index (κ3) is 6.31. The zero-order valence-electron chi connectivity index (χ0n) is 21.3. The summed E-state index contributed by atoms with van der Waals surface area (Å²) in [6, 6.07) is 9.44. The van der Waals surface area contributed by atoms with Crippen LogP contribution < -0.4 is 20.4 Å². The van der Waals surface area contributed by atoms with E-state index in [0.717, 1.165) is 17.0 Å². The van der Waals surface area contributed by atoms with Crippen molar-refractivity contribution in [3.63, 3.8) is 0 Å². The molecular weight excluding hydrogens is 566 g/mol. The van der Waals surface area contributed by atoms with Gasteiger partial charge in [-0.3, -0.25) is 14.4 Å². The molecule has 0 bridgehead atoms. The molecule has 2 heterocycles. The van der Waals surface area contributed by atoms with Crippen LogP contribution >= 0.6 is 11.6 Å². The molecule has 0 saturated carbocycles. The first-order chi connectivity index (χ1) is 19.0. The number of hydrogen-bond acceptors (Lipinski definition) is 7. The Balaban J connectivity index is 1.66. The molecule has 1 aliphatic rings. The lowest BCUT2D eigenvalue weighted by molar-refractivity contribution is 0.253. The lowest BCUT2D eigenvalue weighted by atomic mass is 10.0. The molecule has 2 aromatic carbocycles. The van der Waals surface area contributed by atoms with Gasteiger partial charge in [-0.15, -0.1) is 0 Å². The smallest absolute Gasteiger partial charge is 0.334 e. The number of nitrogens with one attached hydrogen (secondary N) is 2. The summed E-state index contributed by atoms with van der Waals surface area (Å²) in [4.78, 5) is 20.3. The van der Waals surface area contributed by atoms with Gasteiger partial charge in [0, 0.05) is 42.6 Å². The minimum atomic E-state index is -4.03. The Hall–Kier alpha value is -3.83. The van der Waals surface area contributed by atoms with Crippen molar-refractivity contribution in [1.82, 2.24) is 10.3 Å². The quantitative estimate of drug-likeness (QED) is 0.223. The summed E-state index contributed by atoms with van der Waals surface area (Å²) in [5.74, 6) is -2.14. The van der Waals surface area contributed by atoms with E-state index in [0.29, 0.717) is 29.2 Å². The largest absolute Gasteiger partial charge is 0.384 e. The Bertz CT molecular complexity index is 1580. The molecule has 0 fully saturated rings. The molecule has 0 unspecified atom stereocenters. The van der Waals surface area contributed by atoms with Gasteiger partial charge in [0.05, 0.1) is 28.1 Å². The van der Waals surface area contributed by atoms with Crippen LogP contribution in [-0.2, 0) is 10.1 Å². The van der Waals surface area contributed by atoms with E-state index in [2.05, 4.69) is 15.6 Å². The van der Waals surface area contributed by atoms with Gasteiger partial charge in [0.25, 0.3) is 10.1 Å². The van der Waals surface area contributed by atoms with Crippen molar-refractivity contribution >= 4 is 50.6 Å². The lowest BCUT2D eigenvalue weighted by Gasteiger charge is -2.28. The van der Waals surface area contributed by atoms with E-state index < -0.39 is 33.5 Å². The predicted molar refractivity (Wildman–Crippen MR) is 149 cm³/mol. The van der Waals surface area contributed by atoms with Crippen LogP contribution in [0.4, 0.5) is 36.5 Å². The van der Waals surface area contributed by atoms with Crippen molar-refractivity contribution < 1.29 is 26.5 Å². The number of anilines is 4. The number of pyridine rings is 1. The second-order valence-corrected chi connectivity index (χ2v) is 10.8. The van der Waals surface area contributed by atoms with Gasteiger partial charge in [0.2, 0.25) is 0 Å². The van der Waals surface area contributed by atoms with Crippen molar-refractivity contribution in [3.05, 3.63) is 64.8 Å². The number of nitriles is 1. The maximum Gasteiger partial charge on any atom is 0.334 e. The molecule has 0 radical (unpaired) electrons. The van der Waals surface area contributed by atoms with Crippen LogP contribution in [0.2, 0.25) is 5.02 Å². The highest BCUT2D eigenvalue weighted by molar-refractivity contribution is 7.85. The first kappa shape index (κ1) is 29.2. The van der Waals surface area contributed by atoms with Crippen molar-refractivity contribution in [2.24, 2.45) is 0 Å². The lowest BCUT2D eigenvalue weighted by Crippen LogP contribution is -2.41. The van der Waals surface area contributed by atoms with Gasteiger partial charge in [-0.2, -0.15) is 13.7 Å². The zero-order valence-corrected chi connectivity index (χ0v) is 22.9. The summed E-state index contributed by atoms with van der Waals surface area (Å²) in [7, 11) is -4.03. The molecule has 3 N–H and O–H groups in total. The molecular formula is C26H25ClF2N6O4S. The SMILES string of the molecule is CCN1C(=O)N(c2c(F)cc(NCCNCCCS(=O)(=O)O)cc2F)c2cc(C#N)ccc2-c2cc(Cl)cnc21. The number of halogens is 3. The van der Waals surface area contributed by atoms with Gasteiger partial charge in [-0.1, -0.05) is 17.7 Å². The number of amides is 2. The van der Waals surface area contributed by atoms with Crippen LogP contribution in [0, 0.1) is 23.0 Å². The number of benzene rings is 2. The Labute approximate surface area is 234 Å². The highest BCUT2D eigenvalue weighted by Gasteiger charge is 2.36. The number of carbonyl (C=O) groups excluding carboxylic acids is 1. The summed E-state index contributed by atoms with van der Waals surface area (Å²) in [6.45, 7) is 2.76. The molecule has 1 aromatic heterocycles. The highest BCUT2D eigenvalue weighted by atomic mass is 35.5. The van der Waals surface area contributed by atoms with Gasteiger partial charge < -0.3 is 10.6 Å². The first-order valence-corrected chi connectivity index (χ1v) is 14.2. The van der Waals surface area contributed by atoms with E-state index in [4.69, 9.17) is 16.2 Å². The summed E-state index contributed by atoms with van der Waals surface area (Å²) in [5, 5.41) is 15.6. The molecule has 14 heteroatoms. The Kier molecular flexibility index (Phi) is 8.85. The highest BCUT2D eigenvalue weighted by Crippen LogP contribution is 2.45. The summed E-state index contributed by atoms with van der Waals surface area (Å²) in [5.41, 5.74) is 0.657. The van der Waals surface area contributed by atoms with Gasteiger partial charge in [-0.05, 0) is 50.2 Å². The minimum Gasteiger partial charge on any atom is -0.384 e. The van der Waals surface area contributed by atoms with Crippen LogP contribution in [0.25, 0.3) is 11.1 Å². The second-order valence-electron chi connectivity index (χ2n) is 8.84. The fraction of sp³-hybridized carbons (Fsp3) is 0.269. The fourth-order valence-corrected chi connectivity index (χ4v) is 5.02. The molecule has 3 aromatic rings.